The van der Waals surface area contributed by atoms with Crippen molar-refractivity contribution in [2.75, 3.05) is 0 Å². The second-order valence-corrected chi connectivity index (χ2v) is 6.21. The number of hydrogen-bond donors (Lipinski definition) is 0. The minimum atomic E-state index is -0.00311. The van der Waals surface area contributed by atoms with Crippen LogP contribution in [0.1, 0.15) is 67.8 Å². The second kappa shape index (κ2) is 2.99. The Labute approximate surface area is 96.0 Å². The summed E-state index contributed by atoms with van der Waals surface area (Å²) in [5.74, 6) is 3.04. The monoisotopic (exact) mass is 218 g/mol. The molecule has 16 heavy (non-hydrogen) atoms. The van der Waals surface area contributed by atoms with E-state index >= 15 is 0 Å². The molecule has 3 rings (SSSR count). The van der Waals surface area contributed by atoms with Crippen molar-refractivity contribution in [2.24, 2.45) is 5.92 Å². The Bertz CT molecular complexity index is 448. The smallest absolute Gasteiger partial charge is 0.169 e. The number of hydrogen-bond acceptors (Lipinski definition) is 2. The predicted molar refractivity (Wildman–Crippen MR) is 61.8 cm³/mol. The van der Waals surface area contributed by atoms with E-state index in [1.54, 1.807) is 0 Å². The van der Waals surface area contributed by atoms with Gasteiger partial charge in [0.2, 0.25) is 0 Å². The highest BCUT2D eigenvalue weighted by Gasteiger charge is 2.42. The van der Waals surface area contributed by atoms with Crippen LogP contribution in [-0.4, -0.2) is 5.78 Å². The van der Waals surface area contributed by atoms with E-state index in [1.165, 1.54) is 0 Å². The van der Waals surface area contributed by atoms with E-state index in [4.69, 9.17) is 4.42 Å². The fourth-order valence-electron chi connectivity index (χ4n) is 2.95. The van der Waals surface area contributed by atoms with Gasteiger partial charge in [-0.05, 0) is 25.3 Å². The molecule has 2 atom stereocenters. The van der Waals surface area contributed by atoms with Gasteiger partial charge < -0.3 is 4.42 Å². The lowest BCUT2D eigenvalue weighted by Crippen LogP contribution is -2.17. The standard InChI is InChI=1S/C14H18O2/c1-14(2,3)11-7-10-12(15)8-4-5-9(6-8)13(10)16-11/h7-9H,4-6H2,1-3H3. The van der Waals surface area contributed by atoms with Crippen molar-refractivity contribution in [3.05, 3.63) is 23.2 Å². The first-order valence-corrected chi connectivity index (χ1v) is 6.15. The summed E-state index contributed by atoms with van der Waals surface area (Å²) in [6, 6.07) is 1.99. The van der Waals surface area contributed by atoms with E-state index in [1.807, 2.05) is 6.07 Å². The Kier molecular flexibility index (Phi) is 1.90. The van der Waals surface area contributed by atoms with Gasteiger partial charge in [-0.3, -0.25) is 4.79 Å². The molecule has 2 aliphatic carbocycles. The van der Waals surface area contributed by atoms with Crippen molar-refractivity contribution in [1.29, 1.82) is 0 Å². The van der Waals surface area contributed by atoms with Gasteiger partial charge in [0.15, 0.2) is 5.78 Å². The number of ketones is 1. The fraction of sp³-hybridized carbons (Fsp3) is 0.643. The van der Waals surface area contributed by atoms with E-state index < -0.39 is 0 Å². The third kappa shape index (κ3) is 1.28. The average Bonchev–Trinajstić information content (AvgIpc) is 2.80. The molecule has 2 aliphatic rings. The van der Waals surface area contributed by atoms with Gasteiger partial charge in [0.1, 0.15) is 11.5 Å². The maximum Gasteiger partial charge on any atom is 0.169 e. The van der Waals surface area contributed by atoms with Gasteiger partial charge in [-0.15, -0.1) is 0 Å². The first-order valence-electron chi connectivity index (χ1n) is 6.15. The second-order valence-electron chi connectivity index (χ2n) is 6.21. The number of Topliss-reactive ketones (excluding diaryl/α,β-unsaturated/α-hetero) is 1. The van der Waals surface area contributed by atoms with Crippen LogP contribution in [0.5, 0.6) is 0 Å². The van der Waals surface area contributed by atoms with Crippen LogP contribution in [0.2, 0.25) is 0 Å². The summed E-state index contributed by atoms with van der Waals surface area (Å²) >= 11 is 0. The van der Waals surface area contributed by atoms with Crippen LogP contribution < -0.4 is 0 Å². The first-order chi connectivity index (χ1) is 7.47. The highest BCUT2D eigenvalue weighted by atomic mass is 16.3. The molecule has 0 aromatic carbocycles. The van der Waals surface area contributed by atoms with Crippen molar-refractivity contribution in [1.82, 2.24) is 0 Å². The van der Waals surface area contributed by atoms with Crippen LogP contribution in [-0.2, 0) is 5.41 Å². The van der Waals surface area contributed by atoms with Gasteiger partial charge in [0, 0.05) is 17.3 Å². The van der Waals surface area contributed by atoms with E-state index in [-0.39, 0.29) is 11.3 Å². The third-order valence-corrected chi connectivity index (χ3v) is 3.94. The molecule has 2 unspecified atom stereocenters. The zero-order chi connectivity index (χ0) is 11.5. The Morgan fingerprint density at radius 3 is 2.62 bits per heavy atom. The molecule has 0 N–H and O–H groups in total. The van der Waals surface area contributed by atoms with Crippen molar-refractivity contribution < 1.29 is 9.21 Å². The van der Waals surface area contributed by atoms with E-state index in [0.29, 0.717) is 11.7 Å². The Morgan fingerprint density at radius 1 is 1.25 bits per heavy atom. The molecule has 1 saturated carbocycles. The van der Waals surface area contributed by atoms with Crippen molar-refractivity contribution in [3.8, 4) is 0 Å². The molecule has 1 heterocycles. The number of rotatable bonds is 0. The molecule has 1 aromatic heterocycles. The molecule has 2 heteroatoms. The summed E-state index contributed by atoms with van der Waals surface area (Å²) in [5.41, 5.74) is 0.875. The van der Waals surface area contributed by atoms with Crippen molar-refractivity contribution >= 4 is 5.78 Å². The lowest BCUT2D eigenvalue weighted by molar-refractivity contribution is 0.0910. The number of furan rings is 1. The van der Waals surface area contributed by atoms with Gasteiger partial charge in [-0.2, -0.15) is 0 Å². The summed E-state index contributed by atoms with van der Waals surface area (Å²) in [6.45, 7) is 6.38. The molecule has 1 aromatic rings. The van der Waals surface area contributed by atoms with E-state index in [0.717, 1.165) is 36.3 Å². The summed E-state index contributed by atoms with van der Waals surface area (Å²) in [7, 11) is 0. The van der Waals surface area contributed by atoms with Gasteiger partial charge >= 0.3 is 0 Å². The fourth-order valence-corrected chi connectivity index (χ4v) is 2.95. The number of carbonyl (C=O) groups excluding carboxylic acids is 1. The van der Waals surface area contributed by atoms with Crippen molar-refractivity contribution in [3.63, 3.8) is 0 Å². The molecule has 0 amide bonds. The summed E-state index contributed by atoms with van der Waals surface area (Å²) in [6.07, 6.45) is 3.20. The van der Waals surface area contributed by atoms with Gasteiger partial charge in [0.05, 0.1) is 5.56 Å². The highest BCUT2D eigenvalue weighted by Crippen LogP contribution is 2.47. The van der Waals surface area contributed by atoms with Crippen LogP contribution in [0.4, 0.5) is 0 Å². The van der Waals surface area contributed by atoms with E-state index in [9.17, 15) is 4.79 Å². The van der Waals surface area contributed by atoms with Crippen LogP contribution in [0.25, 0.3) is 0 Å². The summed E-state index contributed by atoms with van der Waals surface area (Å²) < 4.78 is 5.95. The minimum absolute atomic E-state index is 0.00311. The largest absolute Gasteiger partial charge is 0.464 e. The molecule has 0 radical (unpaired) electrons. The van der Waals surface area contributed by atoms with Gasteiger partial charge in [0.25, 0.3) is 0 Å². The van der Waals surface area contributed by atoms with Gasteiger partial charge in [-0.25, -0.2) is 0 Å². The molecule has 0 spiro atoms. The van der Waals surface area contributed by atoms with Gasteiger partial charge in [-0.1, -0.05) is 20.8 Å². The topological polar surface area (TPSA) is 30.2 Å². The molecule has 2 nitrogen and oxygen atoms in total. The average molecular weight is 218 g/mol. The van der Waals surface area contributed by atoms with Crippen LogP contribution in [0.15, 0.2) is 10.5 Å². The maximum absolute atomic E-state index is 12.2. The van der Waals surface area contributed by atoms with Crippen LogP contribution >= 0.6 is 0 Å². The molecular weight excluding hydrogens is 200 g/mol. The molecule has 2 bridgehead atoms. The highest BCUT2D eigenvalue weighted by molar-refractivity contribution is 6.00. The zero-order valence-electron chi connectivity index (χ0n) is 10.2. The molecular formula is C14H18O2. The Balaban J connectivity index is 2.11. The Morgan fingerprint density at radius 2 is 1.94 bits per heavy atom. The lowest BCUT2D eigenvalue weighted by Gasteiger charge is -2.16. The normalized spacial score (nSPS) is 28.3. The van der Waals surface area contributed by atoms with E-state index in [2.05, 4.69) is 20.8 Å². The molecule has 0 saturated heterocycles. The maximum atomic E-state index is 12.2. The summed E-state index contributed by atoms with van der Waals surface area (Å²) in [4.78, 5) is 12.2. The molecule has 86 valence electrons. The quantitative estimate of drug-likeness (QED) is 0.665. The minimum Gasteiger partial charge on any atom is -0.464 e. The third-order valence-electron chi connectivity index (χ3n) is 3.94. The van der Waals surface area contributed by atoms with Crippen LogP contribution in [0, 0.1) is 5.92 Å². The predicted octanol–water partition coefficient (Wildman–Crippen LogP) is 3.66. The molecule has 0 aliphatic heterocycles. The summed E-state index contributed by atoms with van der Waals surface area (Å²) in [5, 5.41) is 0. The molecule has 1 fully saturated rings. The van der Waals surface area contributed by atoms with Crippen molar-refractivity contribution in [2.45, 2.75) is 51.4 Å². The Hall–Kier alpha value is -1.05. The number of carbonyl (C=O) groups is 1. The first kappa shape index (κ1) is 10.1. The number of fused-ring (bicyclic) bond motifs is 4. The lowest BCUT2D eigenvalue weighted by atomic mass is 9.86. The van der Waals surface area contributed by atoms with Crippen LogP contribution in [0.3, 0.4) is 0 Å². The zero-order valence-corrected chi connectivity index (χ0v) is 10.2. The SMILES string of the molecule is CC(C)(C)c1cc2c(o1)C1CCC(C1)C2=O.